The molecule has 0 radical (unpaired) electrons. The van der Waals surface area contributed by atoms with E-state index in [9.17, 15) is 8.04 Å². The van der Waals surface area contributed by atoms with E-state index in [1.807, 2.05) is 30.3 Å². The fourth-order valence-corrected chi connectivity index (χ4v) is 9.58. The number of hydrogen-bond acceptors (Lipinski definition) is 2. The second-order valence-corrected chi connectivity index (χ2v) is 9.37. The molecule has 0 spiro atoms. The fourth-order valence-electron chi connectivity index (χ4n) is 1.91. The van der Waals surface area contributed by atoms with Crippen LogP contribution in [0.5, 0.6) is 0 Å². The van der Waals surface area contributed by atoms with Gasteiger partial charge in [0.2, 0.25) is 0 Å². The summed E-state index contributed by atoms with van der Waals surface area (Å²) >= 11 is -2.70. The van der Waals surface area contributed by atoms with Gasteiger partial charge in [0.25, 0.3) is 0 Å². The quantitative estimate of drug-likeness (QED) is 0.635. The SMILES string of the molecule is O=[SeH]1=N[SH](=O)(c2ccccc2)c2ccccc21. The summed E-state index contributed by atoms with van der Waals surface area (Å²) < 4.78 is 29.7. The van der Waals surface area contributed by atoms with Gasteiger partial charge in [-0.05, 0) is 0 Å². The molecule has 0 saturated heterocycles. The Labute approximate surface area is 104 Å². The number of rotatable bonds is 1. The van der Waals surface area contributed by atoms with Gasteiger partial charge in [-0.15, -0.1) is 0 Å². The van der Waals surface area contributed by atoms with Crippen LogP contribution in [0.4, 0.5) is 0 Å². The van der Waals surface area contributed by atoms with Crippen molar-refractivity contribution in [3.63, 3.8) is 0 Å². The minimum atomic E-state index is -2.99. The molecule has 88 valence electrons. The summed E-state index contributed by atoms with van der Waals surface area (Å²) in [5.74, 6) is 0. The Morgan fingerprint density at radius 2 is 1.59 bits per heavy atom. The molecule has 3 nitrogen and oxygen atoms in total. The Hall–Kier alpha value is -1.29. The van der Waals surface area contributed by atoms with Gasteiger partial charge in [0.15, 0.2) is 0 Å². The van der Waals surface area contributed by atoms with Crippen LogP contribution in [0.15, 0.2) is 67.8 Å². The second kappa shape index (κ2) is 3.88. The van der Waals surface area contributed by atoms with Gasteiger partial charge in [-0.1, -0.05) is 0 Å². The van der Waals surface area contributed by atoms with Crippen LogP contribution in [0, 0.1) is 0 Å². The topological polar surface area (TPSA) is 46.5 Å². The third-order valence-electron chi connectivity index (χ3n) is 2.73. The van der Waals surface area contributed by atoms with Crippen LogP contribution in [0.1, 0.15) is 0 Å². The van der Waals surface area contributed by atoms with Gasteiger partial charge in [-0.2, -0.15) is 0 Å². The van der Waals surface area contributed by atoms with E-state index in [1.54, 1.807) is 24.3 Å². The van der Waals surface area contributed by atoms with Gasteiger partial charge in [0.1, 0.15) is 0 Å². The number of benzene rings is 2. The van der Waals surface area contributed by atoms with Crippen molar-refractivity contribution >= 4 is 28.2 Å². The van der Waals surface area contributed by atoms with Gasteiger partial charge >= 0.3 is 104 Å². The molecule has 0 aliphatic carbocycles. The molecule has 1 unspecified atom stereocenters. The van der Waals surface area contributed by atoms with Crippen molar-refractivity contribution in [2.45, 2.75) is 9.79 Å². The molecule has 0 N–H and O–H groups in total. The minimum absolute atomic E-state index is 0.654. The van der Waals surface area contributed by atoms with Gasteiger partial charge < -0.3 is 0 Å². The summed E-state index contributed by atoms with van der Waals surface area (Å²) in [6.07, 6.45) is 0. The van der Waals surface area contributed by atoms with E-state index in [1.165, 1.54) is 0 Å². The van der Waals surface area contributed by atoms with Crippen LogP contribution >= 0.6 is 0 Å². The summed E-state index contributed by atoms with van der Waals surface area (Å²) in [5, 5.41) is 0. The van der Waals surface area contributed by atoms with Crippen molar-refractivity contribution in [2.75, 3.05) is 0 Å². The van der Waals surface area contributed by atoms with Crippen LogP contribution in [-0.2, 0) is 14.0 Å². The maximum atomic E-state index is 12.9. The first-order chi connectivity index (χ1) is 8.22. The van der Waals surface area contributed by atoms with Gasteiger partial charge in [-0.25, -0.2) is 0 Å². The fraction of sp³-hybridized carbons (Fsp3) is 0. The van der Waals surface area contributed by atoms with Crippen LogP contribution in [0.3, 0.4) is 0 Å². The van der Waals surface area contributed by atoms with E-state index in [-0.39, 0.29) is 0 Å². The van der Waals surface area contributed by atoms with E-state index in [0.29, 0.717) is 14.3 Å². The van der Waals surface area contributed by atoms with Crippen LogP contribution in [0.2, 0.25) is 0 Å². The van der Waals surface area contributed by atoms with Gasteiger partial charge in [-0.3, -0.25) is 0 Å². The third kappa shape index (κ3) is 1.59. The molecule has 1 aliphatic heterocycles. The van der Waals surface area contributed by atoms with E-state index in [2.05, 4.69) is 3.37 Å². The van der Waals surface area contributed by atoms with E-state index < -0.39 is 23.8 Å². The molecule has 0 fully saturated rings. The molecule has 2 aromatic rings. The first-order valence-corrected chi connectivity index (χ1v) is 9.38. The van der Waals surface area contributed by atoms with Crippen molar-refractivity contribution < 1.29 is 8.04 Å². The molecule has 1 atom stereocenters. The first kappa shape index (κ1) is 10.8. The number of fused-ring (bicyclic) bond motifs is 1. The van der Waals surface area contributed by atoms with E-state index in [0.717, 1.165) is 0 Å². The summed E-state index contributed by atoms with van der Waals surface area (Å²) in [4.78, 5) is 1.32. The number of thiol groups is 1. The predicted molar refractivity (Wildman–Crippen MR) is 68.9 cm³/mol. The maximum absolute atomic E-state index is 12.9. The van der Waals surface area contributed by atoms with Crippen LogP contribution in [0.25, 0.3) is 0 Å². The van der Waals surface area contributed by atoms with E-state index >= 15 is 0 Å². The zero-order chi connectivity index (χ0) is 11.9. The molecule has 0 aromatic heterocycles. The molecule has 3 rings (SSSR count). The standard InChI is InChI=1S/C12H11NO2SSe/c14-16(10-6-2-1-3-7-10)11-8-4-5-9-12(11)17(15)13-16/h1-9,16-17H. The molecular formula is C12H11NO2SSe. The summed E-state index contributed by atoms with van der Waals surface area (Å²) in [5.41, 5.74) is 0. The zero-order valence-corrected chi connectivity index (χ0v) is 11.6. The summed E-state index contributed by atoms with van der Waals surface area (Å²) in [7, 11) is -2.99. The Morgan fingerprint density at radius 3 is 2.35 bits per heavy atom. The predicted octanol–water partition coefficient (Wildman–Crippen LogP) is 1.18. The zero-order valence-electron chi connectivity index (χ0n) is 8.85. The molecule has 1 aliphatic rings. The molecule has 0 amide bonds. The first-order valence-electron chi connectivity index (χ1n) is 5.17. The van der Waals surface area contributed by atoms with Crippen molar-refractivity contribution in [1.29, 1.82) is 0 Å². The molecule has 2 aromatic carbocycles. The Kier molecular flexibility index (Phi) is 2.47. The van der Waals surface area contributed by atoms with Crippen LogP contribution < -0.4 is 4.46 Å². The third-order valence-corrected chi connectivity index (χ3v) is 9.86. The van der Waals surface area contributed by atoms with Gasteiger partial charge in [0.05, 0.1) is 0 Å². The second-order valence-electron chi connectivity index (χ2n) is 3.76. The number of nitrogens with zero attached hydrogens (tertiary/aromatic N) is 1. The molecule has 0 saturated carbocycles. The van der Waals surface area contributed by atoms with Gasteiger partial charge in [0, 0.05) is 0 Å². The normalized spacial score (nSPS) is 22.5. The molecule has 5 heteroatoms. The Morgan fingerprint density at radius 1 is 0.941 bits per heavy atom. The number of hydrogen-bond donors (Lipinski definition) is 1. The molecule has 1 heterocycles. The molecule has 17 heavy (non-hydrogen) atoms. The summed E-state index contributed by atoms with van der Waals surface area (Å²) in [6, 6.07) is 16.3. The van der Waals surface area contributed by atoms with Crippen molar-refractivity contribution in [1.82, 2.24) is 0 Å². The van der Waals surface area contributed by atoms with Crippen molar-refractivity contribution in [2.24, 2.45) is 3.37 Å². The molecular weight excluding hydrogens is 301 g/mol. The van der Waals surface area contributed by atoms with Crippen molar-refractivity contribution in [3.05, 3.63) is 54.6 Å². The Balaban J connectivity index is 2.32. The summed E-state index contributed by atoms with van der Waals surface area (Å²) in [6.45, 7) is 0. The molecule has 0 bridgehead atoms. The van der Waals surface area contributed by atoms with E-state index in [4.69, 9.17) is 0 Å². The monoisotopic (exact) mass is 313 g/mol. The van der Waals surface area contributed by atoms with Crippen molar-refractivity contribution in [3.8, 4) is 0 Å². The Bertz CT molecular complexity index is 705. The average molecular weight is 312 g/mol. The van der Waals surface area contributed by atoms with Crippen LogP contribution in [-0.4, -0.2) is 17.8 Å². The average Bonchev–Trinajstić information content (AvgIpc) is 2.65.